The average Bonchev–Trinajstić information content (AvgIpc) is 1.96. The van der Waals surface area contributed by atoms with Crippen LogP contribution in [0.1, 0.15) is 26.7 Å². The SMILES string of the molecule is CCCCOCC(C)C(F)(F)F. The third-order valence-corrected chi connectivity index (χ3v) is 1.57. The van der Waals surface area contributed by atoms with E-state index < -0.39 is 12.1 Å². The van der Waals surface area contributed by atoms with Crippen LogP contribution >= 0.6 is 0 Å². The minimum atomic E-state index is -4.12. The van der Waals surface area contributed by atoms with Gasteiger partial charge < -0.3 is 4.74 Å². The van der Waals surface area contributed by atoms with Crippen molar-refractivity contribution in [3.63, 3.8) is 0 Å². The number of halogens is 3. The number of alkyl halides is 3. The zero-order valence-electron chi connectivity index (χ0n) is 7.45. The summed E-state index contributed by atoms with van der Waals surface area (Å²) in [7, 11) is 0. The highest BCUT2D eigenvalue weighted by Gasteiger charge is 2.35. The molecule has 0 aromatic carbocycles. The van der Waals surface area contributed by atoms with Crippen LogP contribution in [0.4, 0.5) is 13.2 Å². The second-order valence-corrected chi connectivity index (χ2v) is 2.87. The fraction of sp³-hybridized carbons (Fsp3) is 1.00. The van der Waals surface area contributed by atoms with Crippen molar-refractivity contribution in [2.45, 2.75) is 32.9 Å². The summed E-state index contributed by atoms with van der Waals surface area (Å²) in [6.45, 7) is 3.31. The van der Waals surface area contributed by atoms with E-state index in [0.717, 1.165) is 19.8 Å². The first kappa shape index (κ1) is 11.8. The third-order valence-electron chi connectivity index (χ3n) is 1.57. The zero-order chi connectivity index (χ0) is 9.61. The zero-order valence-corrected chi connectivity index (χ0v) is 7.45. The molecule has 0 aromatic heterocycles. The molecule has 0 aliphatic rings. The smallest absolute Gasteiger partial charge is 0.381 e. The van der Waals surface area contributed by atoms with Crippen LogP contribution in [0.3, 0.4) is 0 Å². The maximum absolute atomic E-state index is 11.9. The van der Waals surface area contributed by atoms with Crippen molar-refractivity contribution in [2.24, 2.45) is 5.92 Å². The largest absolute Gasteiger partial charge is 0.393 e. The summed E-state index contributed by atoms with van der Waals surface area (Å²) in [5.41, 5.74) is 0. The molecule has 0 rings (SSSR count). The summed E-state index contributed by atoms with van der Waals surface area (Å²) in [4.78, 5) is 0. The highest BCUT2D eigenvalue weighted by molar-refractivity contribution is 4.60. The topological polar surface area (TPSA) is 9.23 Å². The van der Waals surface area contributed by atoms with Gasteiger partial charge in [0.05, 0.1) is 12.5 Å². The molecule has 1 atom stereocenters. The van der Waals surface area contributed by atoms with Crippen molar-refractivity contribution in [2.75, 3.05) is 13.2 Å². The Labute approximate surface area is 70.9 Å². The summed E-state index contributed by atoms with van der Waals surface area (Å²) >= 11 is 0. The molecule has 4 heteroatoms. The fourth-order valence-corrected chi connectivity index (χ4v) is 0.601. The van der Waals surface area contributed by atoms with Crippen molar-refractivity contribution in [1.82, 2.24) is 0 Å². The van der Waals surface area contributed by atoms with E-state index in [1.165, 1.54) is 0 Å². The minimum absolute atomic E-state index is 0.219. The van der Waals surface area contributed by atoms with E-state index >= 15 is 0 Å². The van der Waals surface area contributed by atoms with Crippen LogP contribution in [0, 0.1) is 5.92 Å². The average molecular weight is 184 g/mol. The van der Waals surface area contributed by atoms with Crippen LogP contribution in [0.25, 0.3) is 0 Å². The van der Waals surface area contributed by atoms with E-state index in [9.17, 15) is 13.2 Å². The van der Waals surface area contributed by atoms with E-state index in [1.807, 2.05) is 6.92 Å². The highest BCUT2D eigenvalue weighted by Crippen LogP contribution is 2.25. The molecule has 0 radical (unpaired) electrons. The van der Waals surface area contributed by atoms with E-state index in [4.69, 9.17) is 4.74 Å². The van der Waals surface area contributed by atoms with Crippen LogP contribution < -0.4 is 0 Å². The van der Waals surface area contributed by atoms with Crippen LogP contribution in [-0.2, 0) is 4.74 Å². The molecule has 0 saturated carbocycles. The maximum atomic E-state index is 11.9. The molecule has 74 valence electrons. The van der Waals surface area contributed by atoms with Gasteiger partial charge in [-0.25, -0.2) is 0 Å². The molecule has 0 N–H and O–H groups in total. The van der Waals surface area contributed by atoms with Crippen LogP contribution in [0.5, 0.6) is 0 Å². The number of unbranched alkanes of at least 4 members (excludes halogenated alkanes) is 1. The van der Waals surface area contributed by atoms with Crippen molar-refractivity contribution >= 4 is 0 Å². The molecule has 1 nitrogen and oxygen atoms in total. The Morgan fingerprint density at radius 3 is 2.33 bits per heavy atom. The van der Waals surface area contributed by atoms with E-state index in [0.29, 0.717) is 6.61 Å². The predicted octanol–water partition coefficient (Wildman–Crippen LogP) is 3.00. The Morgan fingerprint density at radius 1 is 1.33 bits per heavy atom. The summed E-state index contributed by atoms with van der Waals surface area (Å²) in [6, 6.07) is 0. The lowest BCUT2D eigenvalue weighted by Crippen LogP contribution is -2.24. The van der Waals surface area contributed by atoms with Gasteiger partial charge in [-0.15, -0.1) is 0 Å². The van der Waals surface area contributed by atoms with Crippen LogP contribution in [-0.4, -0.2) is 19.4 Å². The number of hydrogen-bond donors (Lipinski definition) is 0. The Morgan fingerprint density at radius 2 is 1.92 bits per heavy atom. The molecular weight excluding hydrogens is 169 g/mol. The van der Waals surface area contributed by atoms with Crippen molar-refractivity contribution in [3.8, 4) is 0 Å². The van der Waals surface area contributed by atoms with E-state index in [2.05, 4.69) is 0 Å². The lowest BCUT2D eigenvalue weighted by atomic mass is 10.2. The van der Waals surface area contributed by atoms with Crippen molar-refractivity contribution < 1.29 is 17.9 Å². The third kappa shape index (κ3) is 5.41. The van der Waals surface area contributed by atoms with Gasteiger partial charge in [0.25, 0.3) is 0 Å². The van der Waals surface area contributed by atoms with Crippen molar-refractivity contribution in [3.05, 3.63) is 0 Å². The van der Waals surface area contributed by atoms with Crippen molar-refractivity contribution in [1.29, 1.82) is 0 Å². The van der Waals surface area contributed by atoms with Gasteiger partial charge in [-0.2, -0.15) is 13.2 Å². The summed E-state index contributed by atoms with van der Waals surface area (Å²) in [5, 5.41) is 0. The van der Waals surface area contributed by atoms with E-state index in [1.54, 1.807) is 0 Å². The van der Waals surface area contributed by atoms with Gasteiger partial charge in [-0.05, 0) is 6.42 Å². The Balaban J connectivity index is 3.38. The molecular formula is C8H15F3O. The molecule has 1 unspecified atom stereocenters. The highest BCUT2D eigenvalue weighted by atomic mass is 19.4. The predicted molar refractivity (Wildman–Crippen MR) is 40.9 cm³/mol. The number of hydrogen-bond acceptors (Lipinski definition) is 1. The molecule has 0 aliphatic carbocycles. The monoisotopic (exact) mass is 184 g/mol. The lowest BCUT2D eigenvalue weighted by Gasteiger charge is -2.15. The number of rotatable bonds is 5. The number of ether oxygens (including phenoxy) is 1. The first-order valence-corrected chi connectivity index (χ1v) is 4.13. The van der Waals surface area contributed by atoms with Gasteiger partial charge in [0, 0.05) is 6.61 Å². The molecule has 0 aliphatic heterocycles. The minimum Gasteiger partial charge on any atom is -0.381 e. The maximum Gasteiger partial charge on any atom is 0.393 e. The van der Waals surface area contributed by atoms with Crippen LogP contribution in [0.2, 0.25) is 0 Å². The second-order valence-electron chi connectivity index (χ2n) is 2.87. The molecule has 0 aromatic rings. The Hall–Kier alpha value is -0.250. The molecule has 0 fully saturated rings. The van der Waals surface area contributed by atoms with Gasteiger partial charge >= 0.3 is 6.18 Å². The summed E-state index contributed by atoms with van der Waals surface area (Å²) in [5.74, 6) is -1.35. The second kappa shape index (κ2) is 5.41. The van der Waals surface area contributed by atoms with Gasteiger partial charge in [-0.3, -0.25) is 0 Å². The van der Waals surface area contributed by atoms with Gasteiger partial charge in [0.1, 0.15) is 0 Å². The lowest BCUT2D eigenvalue weighted by molar-refractivity contribution is -0.182. The van der Waals surface area contributed by atoms with Gasteiger partial charge in [0.15, 0.2) is 0 Å². The molecule has 0 heterocycles. The van der Waals surface area contributed by atoms with Gasteiger partial charge in [0.2, 0.25) is 0 Å². The molecule has 0 saturated heterocycles. The standard InChI is InChI=1S/C8H15F3O/c1-3-4-5-12-6-7(2)8(9,10)11/h7H,3-6H2,1-2H3. The first-order valence-electron chi connectivity index (χ1n) is 4.13. The summed E-state index contributed by atoms with van der Waals surface area (Å²) in [6.07, 6.45) is -2.35. The Kier molecular flexibility index (Phi) is 5.29. The Bertz CT molecular complexity index is 111. The van der Waals surface area contributed by atoms with Crippen LogP contribution in [0.15, 0.2) is 0 Å². The molecule has 12 heavy (non-hydrogen) atoms. The van der Waals surface area contributed by atoms with E-state index in [-0.39, 0.29) is 6.61 Å². The summed E-state index contributed by atoms with van der Waals surface area (Å²) < 4.78 is 40.5. The molecule has 0 spiro atoms. The quantitative estimate of drug-likeness (QED) is 0.597. The first-order chi connectivity index (χ1) is 5.48. The normalized spacial score (nSPS) is 14.8. The van der Waals surface area contributed by atoms with Gasteiger partial charge in [-0.1, -0.05) is 20.3 Å². The molecule has 0 bridgehead atoms. The fourth-order valence-electron chi connectivity index (χ4n) is 0.601. The molecule has 0 amide bonds.